The molecule has 1 aliphatic rings. The SMILES string of the molecule is C[n+]1c(C=C2Sc3ccc(F)cc3N2CCCS(=O)(=O)[O-])sc2ccc(F)cc21. The fraction of sp³-hybridized carbons (Fsp3) is 0.211. The number of nitrogens with zero attached hydrogens (tertiary/aromatic N) is 2. The average molecular weight is 455 g/mol. The summed E-state index contributed by atoms with van der Waals surface area (Å²) in [5.41, 5.74) is 1.40. The van der Waals surface area contributed by atoms with Gasteiger partial charge >= 0.3 is 0 Å². The molecule has 0 saturated carbocycles. The van der Waals surface area contributed by atoms with Crippen molar-refractivity contribution in [1.82, 2.24) is 0 Å². The third kappa shape index (κ3) is 4.30. The lowest BCUT2D eigenvalue weighted by Gasteiger charge is -2.20. The molecule has 0 aliphatic carbocycles. The van der Waals surface area contributed by atoms with E-state index in [4.69, 9.17) is 0 Å². The second-order valence-electron chi connectivity index (χ2n) is 6.58. The summed E-state index contributed by atoms with van der Waals surface area (Å²) in [7, 11) is -2.48. The zero-order chi connectivity index (χ0) is 20.8. The van der Waals surface area contributed by atoms with E-state index < -0.39 is 21.7 Å². The Hall–Kier alpha value is -2.01. The van der Waals surface area contributed by atoms with Crippen LogP contribution >= 0.6 is 23.1 Å². The molecule has 10 heteroatoms. The number of rotatable bonds is 5. The van der Waals surface area contributed by atoms with Crippen LogP contribution in [-0.2, 0) is 17.2 Å². The lowest BCUT2D eigenvalue weighted by Crippen LogP contribution is -2.29. The maximum absolute atomic E-state index is 13.8. The maximum atomic E-state index is 13.8. The standard InChI is InChI=1S/C19H16F2N2O3S3/c1-22-14-9-12(20)3-5-16(14)27-18(22)11-19-23(7-2-8-29(24,25)26)15-10-13(21)4-6-17(15)28-19/h3-6,9-11H,2,7-8H2,1H3. The number of hydrogen-bond acceptors (Lipinski definition) is 6. The van der Waals surface area contributed by atoms with Crippen LogP contribution < -0.4 is 9.47 Å². The molecule has 29 heavy (non-hydrogen) atoms. The van der Waals surface area contributed by atoms with Crippen LogP contribution in [0.1, 0.15) is 11.4 Å². The van der Waals surface area contributed by atoms with Gasteiger partial charge in [0.05, 0.1) is 26.9 Å². The minimum absolute atomic E-state index is 0.128. The van der Waals surface area contributed by atoms with Crippen molar-refractivity contribution in [2.75, 3.05) is 17.2 Å². The Bertz CT molecular complexity index is 1240. The molecule has 2 heterocycles. The van der Waals surface area contributed by atoms with Crippen LogP contribution in [0.3, 0.4) is 0 Å². The van der Waals surface area contributed by atoms with E-state index in [-0.39, 0.29) is 18.8 Å². The fourth-order valence-corrected chi connectivity index (χ4v) is 5.91. The topological polar surface area (TPSA) is 64.3 Å². The number of anilines is 1. The second-order valence-corrected chi connectivity index (χ2v) is 10.2. The molecule has 0 spiro atoms. The number of benzene rings is 2. The van der Waals surface area contributed by atoms with Crippen molar-refractivity contribution >= 4 is 55.2 Å². The summed E-state index contributed by atoms with van der Waals surface area (Å²) < 4.78 is 63.1. The van der Waals surface area contributed by atoms with E-state index >= 15 is 0 Å². The zero-order valence-corrected chi connectivity index (χ0v) is 17.7. The van der Waals surface area contributed by atoms with Gasteiger partial charge in [-0.3, -0.25) is 0 Å². The van der Waals surface area contributed by atoms with Crippen LogP contribution in [0.15, 0.2) is 46.3 Å². The molecule has 0 radical (unpaired) electrons. The molecule has 0 bridgehead atoms. The Morgan fingerprint density at radius 1 is 1.17 bits per heavy atom. The van der Waals surface area contributed by atoms with E-state index in [1.807, 2.05) is 22.6 Å². The largest absolute Gasteiger partial charge is 0.748 e. The smallest absolute Gasteiger partial charge is 0.265 e. The third-order valence-corrected chi connectivity index (χ3v) is 7.61. The first-order valence-electron chi connectivity index (χ1n) is 8.69. The van der Waals surface area contributed by atoms with Crippen molar-refractivity contribution in [3.8, 4) is 0 Å². The van der Waals surface area contributed by atoms with Gasteiger partial charge in [0.15, 0.2) is 0 Å². The lowest BCUT2D eigenvalue weighted by molar-refractivity contribution is -0.642. The van der Waals surface area contributed by atoms with E-state index in [1.54, 1.807) is 12.1 Å². The van der Waals surface area contributed by atoms with Gasteiger partial charge in [-0.2, -0.15) is 4.57 Å². The van der Waals surface area contributed by atoms with Gasteiger partial charge in [0.1, 0.15) is 23.4 Å². The average Bonchev–Trinajstić information content (AvgIpc) is 3.12. The van der Waals surface area contributed by atoms with Gasteiger partial charge in [0, 0.05) is 23.3 Å². The summed E-state index contributed by atoms with van der Waals surface area (Å²) in [5, 5.41) is 1.65. The van der Waals surface area contributed by atoms with E-state index in [9.17, 15) is 21.8 Å². The first kappa shape index (κ1) is 20.3. The summed E-state index contributed by atoms with van der Waals surface area (Å²) >= 11 is 2.93. The van der Waals surface area contributed by atoms with Gasteiger partial charge in [-0.05, 0) is 36.8 Å². The Morgan fingerprint density at radius 3 is 2.66 bits per heavy atom. The summed E-state index contributed by atoms with van der Waals surface area (Å²) in [4.78, 5) is 2.66. The van der Waals surface area contributed by atoms with Crippen LogP contribution in [0.5, 0.6) is 0 Å². The minimum atomic E-state index is -4.32. The molecule has 0 saturated heterocycles. The van der Waals surface area contributed by atoms with Gasteiger partial charge < -0.3 is 9.45 Å². The highest BCUT2D eigenvalue weighted by atomic mass is 32.2. The quantitative estimate of drug-likeness (QED) is 0.433. The molecule has 0 atom stereocenters. The molecule has 2 aromatic carbocycles. The molecule has 152 valence electrons. The summed E-state index contributed by atoms with van der Waals surface area (Å²) in [6.07, 6.45) is 2.04. The van der Waals surface area contributed by atoms with Crippen LogP contribution in [0.4, 0.5) is 14.5 Å². The van der Waals surface area contributed by atoms with Gasteiger partial charge in [-0.1, -0.05) is 23.1 Å². The predicted molar refractivity (Wildman–Crippen MR) is 110 cm³/mol. The van der Waals surface area contributed by atoms with Gasteiger partial charge in [0.2, 0.25) is 5.52 Å². The number of aryl methyl sites for hydroxylation is 1. The normalized spacial score (nSPS) is 15.4. The van der Waals surface area contributed by atoms with Crippen LogP contribution in [0.25, 0.3) is 16.3 Å². The molecule has 5 nitrogen and oxygen atoms in total. The third-order valence-electron chi connectivity index (χ3n) is 4.54. The number of hydrogen-bond donors (Lipinski definition) is 0. The maximum Gasteiger partial charge on any atom is 0.265 e. The van der Waals surface area contributed by atoms with Crippen molar-refractivity contribution in [1.29, 1.82) is 0 Å². The van der Waals surface area contributed by atoms with E-state index in [0.29, 0.717) is 5.69 Å². The minimum Gasteiger partial charge on any atom is -0.748 e. The molecule has 4 rings (SSSR count). The molecular formula is C19H16F2N2O3S3. The Labute approximate surface area is 175 Å². The van der Waals surface area contributed by atoms with Gasteiger partial charge in [-0.25, -0.2) is 17.2 Å². The van der Waals surface area contributed by atoms with E-state index in [1.165, 1.54) is 47.4 Å². The van der Waals surface area contributed by atoms with Gasteiger partial charge in [0.25, 0.3) is 5.01 Å². The Morgan fingerprint density at radius 2 is 1.90 bits per heavy atom. The lowest BCUT2D eigenvalue weighted by atomic mass is 10.2. The molecule has 0 N–H and O–H groups in total. The molecule has 0 unspecified atom stereocenters. The first-order valence-corrected chi connectivity index (χ1v) is 11.9. The van der Waals surface area contributed by atoms with E-state index in [0.717, 1.165) is 25.1 Å². The van der Waals surface area contributed by atoms with Crippen LogP contribution in [0, 0.1) is 11.6 Å². The van der Waals surface area contributed by atoms with Crippen molar-refractivity contribution in [3.05, 3.63) is 58.1 Å². The number of thioether (sulfide) groups is 1. The number of fused-ring (bicyclic) bond motifs is 2. The molecular weight excluding hydrogens is 438 g/mol. The molecule has 1 aromatic heterocycles. The number of aromatic nitrogens is 1. The summed E-state index contributed by atoms with van der Waals surface area (Å²) in [6, 6.07) is 9.05. The second kappa shape index (κ2) is 7.67. The number of thiazole rings is 1. The van der Waals surface area contributed by atoms with Crippen molar-refractivity contribution in [2.45, 2.75) is 11.3 Å². The Kier molecular flexibility index (Phi) is 5.36. The monoisotopic (exact) mass is 454 g/mol. The van der Waals surface area contributed by atoms with Crippen molar-refractivity contribution in [2.24, 2.45) is 7.05 Å². The van der Waals surface area contributed by atoms with Gasteiger partial charge in [-0.15, -0.1) is 0 Å². The molecule has 3 aromatic rings. The zero-order valence-electron chi connectivity index (χ0n) is 15.3. The van der Waals surface area contributed by atoms with E-state index in [2.05, 4.69) is 0 Å². The molecule has 0 fully saturated rings. The summed E-state index contributed by atoms with van der Waals surface area (Å²) in [5.74, 6) is -1.19. The highest BCUT2D eigenvalue weighted by Gasteiger charge is 2.27. The molecule has 1 aliphatic heterocycles. The Balaban J connectivity index is 1.72. The highest BCUT2D eigenvalue weighted by Crippen LogP contribution is 2.47. The highest BCUT2D eigenvalue weighted by molar-refractivity contribution is 8.03. The fourth-order valence-electron chi connectivity index (χ4n) is 3.18. The summed E-state index contributed by atoms with van der Waals surface area (Å²) in [6.45, 7) is 0.264. The van der Waals surface area contributed by atoms with Crippen LogP contribution in [0.2, 0.25) is 0 Å². The first-order chi connectivity index (χ1) is 13.7. The number of halogens is 2. The van der Waals surface area contributed by atoms with Crippen LogP contribution in [-0.4, -0.2) is 25.3 Å². The predicted octanol–water partition coefficient (Wildman–Crippen LogP) is 3.85. The van der Waals surface area contributed by atoms with Crippen molar-refractivity contribution in [3.63, 3.8) is 0 Å². The molecule has 0 amide bonds. The van der Waals surface area contributed by atoms with Crippen molar-refractivity contribution < 1.29 is 26.3 Å².